The molecular weight excluding hydrogens is 333 g/mol. The first kappa shape index (κ1) is 18.7. The molecule has 1 aromatic carbocycles. The van der Waals surface area contributed by atoms with Crippen molar-refractivity contribution >= 4 is 17.6 Å². The van der Waals surface area contributed by atoms with Gasteiger partial charge in [-0.1, -0.05) is 18.9 Å². The van der Waals surface area contributed by atoms with E-state index in [0.717, 1.165) is 32.1 Å². The number of piperidine rings is 1. The van der Waals surface area contributed by atoms with Crippen molar-refractivity contribution in [1.29, 1.82) is 0 Å². The molecule has 0 spiro atoms. The first-order chi connectivity index (χ1) is 12.6. The van der Waals surface area contributed by atoms with Gasteiger partial charge in [-0.05, 0) is 56.2 Å². The molecule has 1 saturated heterocycles. The van der Waals surface area contributed by atoms with Gasteiger partial charge in [-0.15, -0.1) is 0 Å². The Kier molecular flexibility index (Phi) is 6.47. The summed E-state index contributed by atoms with van der Waals surface area (Å²) in [6.45, 7) is 1.35. The van der Waals surface area contributed by atoms with E-state index in [1.54, 1.807) is 17.0 Å². The zero-order valence-electron chi connectivity index (χ0n) is 15.2. The average molecular weight is 361 g/mol. The molecule has 5 nitrogen and oxygen atoms in total. The van der Waals surface area contributed by atoms with E-state index in [-0.39, 0.29) is 17.8 Å². The zero-order valence-corrected chi connectivity index (χ0v) is 15.2. The minimum atomic E-state index is -0.368. The standard InChI is InChI=1S/C20H28FN3O2/c21-16-6-3-9-18(13-16)23-20(26)24-12-4-5-15(14-24)10-11-19(25)22-17-7-1-2-8-17/h3,6,9,13,15,17H,1-2,4-5,7-8,10-12,14H2,(H,22,25)(H,23,26)/t15-/m0/s1. The first-order valence-corrected chi connectivity index (χ1v) is 9.71. The van der Waals surface area contributed by atoms with Crippen molar-refractivity contribution in [2.24, 2.45) is 5.92 Å². The summed E-state index contributed by atoms with van der Waals surface area (Å²) in [4.78, 5) is 26.3. The van der Waals surface area contributed by atoms with Crippen molar-refractivity contribution in [2.45, 2.75) is 57.4 Å². The van der Waals surface area contributed by atoms with E-state index in [1.807, 2.05) is 0 Å². The van der Waals surface area contributed by atoms with Crippen molar-refractivity contribution in [1.82, 2.24) is 10.2 Å². The van der Waals surface area contributed by atoms with Crippen molar-refractivity contribution in [3.8, 4) is 0 Å². The number of halogens is 1. The van der Waals surface area contributed by atoms with Crippen molar-refractivity contribution in [3.05, 3.63) is 30.1 Å². The number of hydrogen-bond acceptors (Lipinski definition) is 2. The van der Waals surface area contributed by atoms with Crippen LogP contribution < -0.4 is 10.6 Å². The normalized spacial score (nSPS) is 20.8. The highest BCUT2D eigenvalue weighted by Gasteiger charge is 2.25. The maximum atomic E-state index is 13.2. The number of rotatable bonds is 5. The molecule has 1 aliphatic carbocycles. The van der Waals surface area contributed by atoms with Crippen LogP contribution in [-0.4, -0.2) is 36.0 Å². The highest BCUT2D eigenvalue weighted by atomic mass is 19.1. The van der Waals surface area contributed by atoms with Crippen molar-refractivity contribution in [3.63, 3.8) is 0 Å². The van der Waals surface area contributed by atoms with E-state index >= 15 is 0 Å². The molecule has 6 heteroatoms. The smallest absolute Gasteiger partial charge is 0.321 e. The van der Waals surface area contributed by atoms with E-state index in [4.69, 9.17) is 0 Å². The van der Waals surface area contributed by atoms with Gasteiger partial charge in [-0.3, -0.25) is 4.79 Å². The fraction of sp³-hybridized carbons (Fsp3) is 0.600. The van der Waals surface area contributed by atoms with E-state index in [9.17, 15) is 14.0 Å². The van der Waals surface area contributed by atoms with Gasteiger partial charge in [-0.25, -0.2) is 9.18 Å². The van der Waals surface area contributed by atoms with Crippen molar-refractivity contribution < 1.29 is 14.0 Å². The highest BCUT2D eigenvalue weighted by molar-refractivity contribution is 5.89. The largest absolute Gasteiger partial charge is 0.353 e. The predicted octanol–water partition coefficient (Wildman–Crippen LogP) is 3.91. The Labute approximate surface area is 154 Å². The molecular formula is C20H28FN3O2. The van der Waals surface area contributed by atoms with Crippen LogP contribution in [0.1, 0.15) is 51.4 Å². The fourth-order valence-corrected chi connectivity index (χ4v) is 3.96. The van der Waals surface area contributed by atoms with Gasteiger partial charge in [0.25, 0.3) is 0 Å². The van der Waals surface area contributed by atoms with Crippen LogP contribution in [0.4, 0.5) is 14.9 Å². The number of hydrogen-bond donors (Lipinski definition) is 2. The second-order valence-corrected chi connectivity index (χ2v) is 7.48. The second-order valence-electron chi connectivity index (χ2n) is 7.48. The van der Waals surface area contributed by atoms with E-state index in [2.05, 4.69) is 10.6 Å². The SMILES string of the molecule is O=C(CC[C@@H]1CCCN(C(=O)Nc2cccc(F)c2)C1)NC1CCCC1. The molecule has 0 radical (unpaired) electrons. The van der Waals surface area contributed by atoms with Gasteiger partial charge >= 0.3 is 6.03 Å². The molecule has 1 aromatic rings. The highest BCUT2D eigenvalue weighted by Crippen LogP contribution is 2.23. The van der Waals surface area contributed by atoms with E-state index in [1.165, 1.54) is 25.0 Å². The van der Waals surface area contributed by atoms with E-state index < -0.39 is 0 Å². The summed E-state index contributed by atoms with van der Waals surface area (Å²) in [5.74, 6) is 0.113. The number of benzene rings is 1. The lowest BCUT2D eigenvalue weighted by Crippen LogP contribution is -2.42. The Bertz CT molecular complexity index is 631. The predicted molar refractivity (Wildman–Crippen MR) is 99.3 cm³/mol. The van der Waals surface area contributed by atoms with Crippen LogP contribution in [0, 0.1) is 11.7 Å². The van der Waals surface area contributed by atoms with E-state index in [0.29, 0.717) is 37.2 Å². The Hall–Kier alpha value is -2.11. The Morgan fingerprint density at radius 3 is 2.73 bits per heavy atom. The maximum absolute atomic E-state index is 13.2. The third-order valence-corrected chi connectivity index (χ3v) is 5.38. The Morgan fingerprint density at radius 1 is 1.15 bits per heavy atom. The molecule has 2 aliphatic rings. The summed E-state index contributed by atoms with van der Waals surface area (Å²) in [7, 11) is 0. The quantitative estimate of drug-likeness (QED) is 0.835. The molecule has 3 amide bonds. The summed E-state index contributed by atoms with van der Waals surface area (Å²) < 4.78 is 13.2. The van der Waals surface area contributed by atoms with Crippen LogP contribution in [0.3, 0.4) is 0 Å². The van der Waals surface area contributed by atoms with Crippen LogP contribution in [-0.2, 0) is 4.79 Å². The lowest BCUT2D eigenvalue weighted by atomic mass is 9.93. The maximum Gasteiger partial charge on any atom is 0.321 e. The van der Waals surface area contributed by atoms with Gasteiger partial charge < -0.3 is 15.5 Å². The minimum Gasteiger partial charge on any atom is -0.353 e. The zero-order chi connectivity index (χ0) is 18.4. The van der Waals surface area contributed by atoms with Crippen LogP contribution in [0.5, 0.6) is 0 Å². The number of carbonyl (C=O) groups is 2. The summed E-state index contributed by atoms with van der Waals surface area (Å²) in [6.07, 6.45) is 7.94. The molecule has 0 bridgehead atoms. The average Bonchev–Trinajstić information content (AvgIpc) is 3.13. The summed E-state index contributed by atoms with van der Waals surface area (Å²) in [6, 6.07) is 6.08. The molecule has 1 saturated carbocycles. The lowest BCUT2D eigenvalue weighted by molar-refractivity contribution is -0.122. The molecule has 2 N–H and O–H groups in total. The Morgan fingerprint density at radius 2 is 1.96 bits per heavy atom. The molecule has 0 aromatic heterocycles. The topological polar surface area (TPSA) is 61.4 Å². The molecule has 142 valence electrons. The molecule has 1 aliphatic heterocycles. The Balaban J connectivity index is 1.43. The fourth-order valence-electron chi connectivity index (χ4n) is 3.96. The third kappa shape index (κ3) is 5.44. The molecule has 2 fully saturated rings. The third-order valence-electron chi connectivity index (χ3n) is 5.38. The summed E-state index contributed by atoms with van der Waals surface area (Å²) >= 11 is 0. The second kappa shape index (κ2) is 9.01. The van der Waals surface area contributed by atoms with Gasteiger partial charge in [0.1, 0.15) is 5.82 Å². The van der Waals surface area contributed by atoms with Crippen LogP contribution >= 0.6 is 0 Å². The van der Waals surface area contributed by atoms with Crippen molar-refractivity contribution in [2.75, 3.05) is 18.4 Å². The molecule has 1 atom stereocenters. The van der Waals surface area contributed by atoms with Gasteiger partial charge in [0.2, 0.25) is 5.91 Å². The molecule has 3 rings (SSSR count). The summed E-state index contributed by atoms with van der Waals surface area (Å²) in [5.41, 5.74) is 0.466. The van der Waals surface area contributed by atoms with Gasteiger partial charge in [0.05, 0.1) is 0 Å². The van der Waals surface area contributed by atoms with Gasteiger partial charge in [-0.2, -0.15) is 0 Å². The first-order valence-electron chi connectivity index (χ1n) is 9.71. The molecule has 0 unspecified atom stereocenters. The van der Waals surface area contributed by atoms with Gasteiger partial charge in [0, 0.05) is 31.2 Å². The summed E-state index contributed by atoms with van der Waals surface area (Å²) in [5, 5.41) is 5.88. The molecule has 1 heterocycles. The monoisotopic (exact) mass is 361 g/mol. The minimum absolute atomic E-state index is 0.137. The van der Waals surface area contributed by atoms with Gasteiger partial charge in [0.15, 0.2) is 0 Å². The molecule has 26 heavy (non-hydrogen) atoms. The number of urea groups is 1. The number of nitrogens with one attached hydrogen (secondary N) is 2. The van der Waals surface area contributed by atoms with Crippen LogP contribution in [0.15, 0.2) is 24.3 Å². The number of likely N-dealkylation sites (tertiary alicyclic amines) is 1. The number of amides is 3. The van der Waals surface area contributed by atoms with Crippen LogP contribution in [0.25, 0.3) is 0 Å². The lowest BCUT2D eigenvalue weighted by Gasteiger charge is -2.32. The van der Waals surface area contributed by atoms with Crippen LogP contribution in [0.2, 0.25) is 0 Å². The number of nitrogens with zero attached hydrogens (tertiary/aromatic N) is 1. The number of carbonyl (C=O) groups excluding carboxylic acids is 2. The number of anilines is 1.